The number of benzene rings is 1. The Morgan fingerprint density at radius 2 is 1.92 bits per heavy atom. The molecule has 1 aromatic rings. The predicted molar refractivity (Wildman–Crippen MR) is 100 cm³/mol. The highest BCUT2D eigenvalue weighted by Gasteiger charge is 2.36. The monoisotopic (exact) mass is 327 g/mol. The Morgan fingerprint density at radius 3 is 2.75 bits per heavy atom. The first kappa shape index (κ1) is 16.6. The van der Waals surface area contributed by atoms with Crippen LogP contribution in [0.2, 0.25) is 0 Å². The van der Waals surface area contributed by atoms with Gasteiger partial charge in [-0.25, -0.2) is 0 Å². The van der Waals surface area contributed by atoms with Crippen molar-refractivity contribution in [3.05, 3.63) is 35.9 Å². The van der Waals surface area contributed by atoms with Gasteiger partial charge in [-0.1, -0.05) is 36.8 Å². The maximum atomic E-state index is 4.08. The number of nitrogens with zero attached hydrogens (tertiary/aromatic N) is 1. The molecule has 0 bridgehead atoms. The van der Waals surface area contributed by atoms with Gasteiger partial charge in [-0.3, -0.25) is 4.90 Å². The van der Waals surface area contributed by atoms with E-state index in [1.54, 1.807) is 0 Å². The number of likely N-dealkylation sites (tertiary alicyclic amines) is 1. The number of hydrogen-bond donors (Lipinski definition) is 2. The number of piperidine rings is 1. The molecule has 2 heterocycles. The highest BCUT2D eigenvalue weighted by atomic mass is 15.2. The Morgan fingerprint density at radius 1 is 1.00 bits per heavy atom. The number of hydrogen-bond acceptors (Lipinski definition) is 3. The molecule has 4 unspecified atom stereocenters. The van der Waals surface area contributed by atoms with Crippen molar-refractivity contribution < 1.29 is 0 Å². The topological polar surface area (TPSA) is 27.3 Å². The van der Waals surface area contributed by atoms with Crippen LogP contribution in [-0.2, 0) is 6.54 Å². The molecule has 3 nitrogen and oxygen atoms in total. The molecular weight excluding hydrogens is 294 g/mol. The summed E-state index contributed by atoms with van der Waals surface area (Å²) in [6, 6.07) is 13.2. The third-order valence-corrected chi connectivity index (χ3v) is 6.39. The van der Waals surface area contributed by atoms with Crippen molar-refractivity contribution in [2.75, 3.05) is 19.6 Å². The Bertz CT molecular complexity index is 497. The minimum Gasteiger partial charge on any atom is -0.314 e. The van der Waals surface area contributed by atoms with E-state index < -0.39 is 0 Å². The van der Waals surface area contributed by atoms with Crippen LogP contribution in [0.4, 0.5) is 0 Å². The van der Waals surface area contributed by atoms with E-state index in [1.165, 1.54) is 70.1 Å². The van der Waals surface area contributed by atoms with Gasteiger partial charge in [0, 0.05) is 31.2 Å². The Hall–Kier alpha value is -0.900. The Labute approximate surface area is 147 Å². The lowest BCUT2D eigenvalue weighted by Gasteiger charge is -2.37. The molecule has 3 fully saturated rings. The fourth-order valence-electron chi connectivity index (χ4n) is 5.23. The molecule has 2 saturated heterocycles. The van der Waals surface area contributed by atoms with Crippen LogP contribution in [0.1, 0.15) is 50.5 Å². The van der Waals surface area contributed by atoms with Gasteiger partial charge in [0.2, 0.25) is 0 Å². The highest BCUT2D eigenvalue weighted by Crippen LogP contribution is 2.32. The molecule has 3 aliphatic rings. The summed E-state index contributed by atoms with van der Waals surface area (Å²) < 4.78 is 0. The van der Waals surface area contributed by atoms with Crippen LogP contribution >= 0.6 is 0 Å². The van der Waals surface area contributed by atoms with E-state index in [9.17, 15) is 0 Å². The van der Waals surface area contributed by atoms with Crippen LogP contribution in [-0.4, -0.2) is 42.7 Å². The van der Waals surface area contributed by atoms with E-state index in [0.29, 0.717) is 6.04 Å². The molecule has 24 heavy (non-hydrogen) atoms. The summed E-state index contributed by atoms with van der Waals surface area (Å²) in [7, 11) is 0. The zero-order valence-corrected chi connectivity index (χ0v) is 14.9. The molecule has 0 spiro atoms. The van der Waals surface area contributed by atoms with E-state index in [1.807, 2.05) is 0 Å². The summed E-state index contributed by atoms with van der Waals surface area (Å²) in [4.78, 5) is 2.65. The second-order valence-corrected chi connectivity index (χ2v) is 8.13. The van der Waals surface area contributed by atoms with E-state index in [2.05, 4.69) is 45.9 Å². The van der Waals surface area contributed by atoms with Gasteiger partial charge < -0.3 is 10.6 Å². The molecule has 3 heteroatoms. The molecule has 4 rings (SSSR count). The maximum absolute atomic E-state index is 4.08. The van der Waals surface area contributed by atoms with E-state index in [0.717, 1.165) is 24.5 Å². The second kappa shape index (κ2) is 7.99. The van der Waals surface area contributed by atoms with Gasteiger partial charge in [0.25, 0.3) is 0 Å². The highest BCUT2D eigenvalue weighted by molar-refractivity contribution is 5.14. The summed E-state index contributed by atoms with van der Waals surface area (Å²) in [5, 5.41) is 7.84. The van der Waals surface area contributed by atoms with Gasteiger partial charge >= 0.3 is 0 Å². The van der Waals surface area contributed by atoms with Gasteiger partial charge in [0.15, 0.2) is 0 Å². The lowest BCUT2D eigenvalue weighted by atomic mass is 9.92. The normalized spacial score (nSPS) is 34.7. The van der Waals surface area contributed by atoms with Crippen molar-refractivity contribution >= 4 is 0 Å². The van der Waals surface area contributed by atoms with Crippen molar-refractivity contribution in [1.29, 1.82) is 0 Å². The van der Waals surface area contributed by atoms with Crippen molar-refractivity contribution in [2.24, 2.45) is 5.92 Å². The van der Waals surface area contributed by atoms with Crippen LogP contribution in [0.25, 0.3) is 0 Å². The van der Waals surface area contributed by atoms with E-state index >= 15 is 0 Å². The van der Waals surface area contributed by atoms with Crippen LogP contribution in [0, 0.1) is 5.92 Å². The smallest absolute Gasteiger partial charge is 0.0234 e. The number of nitrogens with one attached hydrogen (secondary N) is 2. The quantitative estimate of drug-likeness (QED) is 0.870. The molecule has 2 N–H and O–H groups in total. The summed E-state index contributed by atoms with van der Waals surface area (Å²) >= 11 is 0. The van der Waals surface area contributed by atoms with Gasteiger partial charge in [0.05, 0.1) is 0 Å². The van der Waals surface area contributed by atoms with Crippen LogP contribution in [0.15, 0.2) is 30.3 Å². The summed E-state index contributed by atoms with van der Waals surface area (Å²) in [5.74, 6) is 0.872. The minimum atomic E-state index is 0.689. The zero-order chi connectivity index (χ0) is 16.2. The molecule has 1 saturated carbocycles. The van der Waals surface area contributed by atoms with Crippen molar-refractivity contribution in [1.82, 2.24) is 15.5 Å². The molecule has 0 aromatic heterocycles. The van der Waals surface area contributed by atoms with Crippen LogP contribution < -0.4 is 10.6 Å². The standard InChI is InChI=1S/C21H33N3/c1-2-7-17(8-3-1)15-24-14-6-9-18(16-24)23-21-11-4-10-19(21)20-12-5-13-22-20/h1-3,7-8,18-23H,4-6,9-16H2. The maximum Gasteiger partial charge on any atom is 0.0234 e. The lowest BCUT2D eigenvalue weighted by molar-refractivity contribution is 0.166. The Balaban J connectivity index is 1.31. The van der Waals surface area contributed by atoms with Gasteiger partial charge in [-0.05, 0) is 63.1 Å². The van der Waals surface area contributed by atoms with Crippen molar-refractivity contribution in [3.63, 3.8) is 0 Å². The lowest BCUT2D eigenvalue weighted by Crippen LogP contribution is -2.51. The molecule has 132 valence electrons. The number of rotatable bonds is 5. The SMILES string of the molecule is c1ccc(CN2CCCC(NC3CCCC3C3CCCN3)C2)cc1. The third kappa shape index (κ3) is 4.01. The van der Waals surface area contributed by atoms with E-state index in [4.69, 9.17) is 0 Å². The Kier molecular flexibility index (Phi) is 5.51. The first-order chi connectivity index (χ1) is 11.9. The minimum absolute atomic E-state index is 0.689. The largest absolute Gasteiger partial charge is 0.314 e. The first-order valence-electron chi connectivity index (χ1n) is 10.1. The predicted octanol–water partition coefficient (Wildman–Crippen LogP) is 3.16. The zero-order valence-electron chi connectivity index (χ0n) is 14.9. The molecule has 1 aliphatic carbocycles. The van der Waals surface area contributed by atoms with Gasteiger partial charge in [-0.2, -0.15) is 0 Å². The third-order valence-electron chi connectivity index (χ3n) is 6.39. The molecule has 4 atom stereocenters. The summed E-state index contributed by atoms with van der Waals surface area (Å²) in [6.45, 7) is 4.82. The molecule has 2 aliphatic heterocycles. The average molecular weight is 328 g/mol. The van der Waals surface area contributed by atoms with Crippen molar-refractivity contribution in [3.8, 4) is 0 Å². The summed E-state index contributed by atoms with van der Waals surface area (Å²) in [6.07, 6.45) is 9.70. The fraction of sp³-hybridized carbons (Fsp3) is 0.714. The fourth-order valence-corrected chi connectivity index (χ4v) is 5.23. The van der Waals surface area contributed by atoms with Gasteiger partial charge in [0.1, 0.15) is 0 Å². The molecule has 0 radical (unpaired) electrons. The van der Waals surface area contributed by atoms with Crippen LogP contribution in [0.5, 0.6) is 0 Å². The molecule has 1 aromatic carbocycles. The molecule has 0 amide bonds. The van der Waals surface area contributed by atoms with Crippen LogP contribution in [0.3, 0.4) is 0 Å². The van der Waals surface area contributed by atoms with Gasteiger partial charge in [-0.15, -0.1) is 0 Å². The van der Waals surface area contributed by atoms with E-state index in [-0.39, 0.29) is 0 Å². The average Bonchev–Trinajstić information content (AvgIpc) is 3.27. The van der Waals surface area contributed by atoms with Crippen molar-refractivity contribution in [2.45, 2.75) is 69.6 Å². The first-order valence-corrected chi connectivity index (χ1v) is 10.1. The summed E-state index contributed by atoms with van der Waals surface area (Å²) in [5.41, 5.74) is 1.45. The second-order valence-electron chi connectivity index (χ2n) is 8.13. The molecular formula is C21H33N3.